The maximum absolute atomic E-state index is 12.0. The van der Waals surface area contributed by atoms with Crippen molar-refractivity contribution in [2.24, 2.45) is 5.92 Å². The van der Waals surface area contributed by atoms with E-state index in [4.69, 9.17) is 4.74 Å². The fraction of sp³-hybridized carbons (Fsp3) is 0.571. The highest BCUT2D eigenvalue weighted by atomic mass is 127. The summed E-state index contributed by atoms with van der Waals surface area (Å²) in [5.41, 5.74) is 0.331. The number of likely N-dealkylation sites (tertiary alicyclic amines) is 1. The molecular formula is C21H30INO2. The second-order valence-electron chi connectivity index (χ2n) is 7.42. The Morgan fingerprint density at radius 1 is 1.36 bits per heavy atom. The molecule has 0 aliphatic carbocycles. The molecule has 0 saturated carbocycles. The zero-order chi connectivity index (χ0) is 18.3. The molecule has 1 heterocycles. The van der Waals surface area contributed by atoms with Crippen LogP contribution in [0.15, 0.2) is 40.0 Å². The summed E-state index contributed by atoms with van der Waals surface area (Å²) in [4.78, 5) is 14.4. The Kier molecular flexibility index (Phi) is 8.10. The van der Waals surface area contributed by atoms with Gasteiger partial charge in [0.15, 0.2) is 6.29 Å². The Balaban J connectivity index is 2.09. The summed E-state index contributed by atoms with van der Waals surface area (Å²) in [5.74, 6) is 0.543. The standard InChI is InChI=1S/C21H30INO2/c1-17(2)13-19(22)14-23-12-8-7-11-20(23)21(3,16-24)25-15-18-9-5-4-6-10-18/h4-6,9-10,13,16-17,20H,7-8,11-12,14-15H2,1-3H3/b19-13+/t20-,21-/m0/s1. The highest BCUT2D eigenvalue weighted by Gasteiger charge is 2.40. The monoisotopic (exact) mass is 455 g/mol. The minimum atomic E-state index is -0.773. The number of rotatable bonds is 8. The Bertz CT molecular complexity index is 573. The molecule has 4 heteroatoms. The van der Waals surface area contributed by atoms with E-state index >= 15 is 0 Å². The van der Waals surface area contributed by atoms with Crippen LogP contribution >= 0.6 is 22.6 Å². The number of hydrogen-bond acceptors (Lipinski definition) is 3. The number of hydrogen-bond donors (Lipinski definition) is 0. The van der Waals surface area contributed by atoms with Crippen molar-refractivity contribution in [1.29, 1.82) is 0 Å². The van der Waals surface area contributed by atoms with Crippen molar-refractivity contribution in [3.63, 3.8) is 0 Å². The van der Waals surface area contributed by atoms with Crippen LogP contribution in [0.4, 0.5) is 0 Å². The van der Waals surface area contributed by atoms with Crippen molar-refractivity contribution in [1.82, 2.24) is 4.90 Å². The summed E-state index contributed by atoms with van der Waals surface area (Å²) < 4.78 is 7.51. The van der Waals surface area contributed by atoms with E-state index in [0.29, 0.717) is 12.5 Å². The van der Waals surface area contributed by atoms with Gasteiger partial charge >= 0.3 is 0 Å². The number of nitrogens with zero attached hydrogens (tertiary/aromatic N) is 1. The first kappa shape index (κ1) is 20.6. The first-order chi connectivity index (χ1) is 11.9. The topological polar surface area (TPSA) is 29.5 Å². The number of aldehydes is 1. The molecule has 1 aromatic carbocycles. The third-order valence-corrected chi connectivity index (χ3v) is 5.47. The van der Waals surface area contributed by atoms with Crippen LogP contribution in [0.3, 0.4) is 0 Å². The summed E-state index contributed by atoms with van der Waals surface area (Å²) in [6, 6.07) is 10.2. The molecule has 0 spiro atoms. The minimum absolute atomic E-state index is 0.132. The lowest BCUT2D eigenvalue weighted by atomic mass is 9.88. The molecule has 0 N–H and O–H groups in total. The number of ether oxygens (including phenoxy) is 1. The fourth-order valence-corrected chi connectivity index (χ4v) is 4.62. The summed E-state index contributed by atoms with van der Waals surface area (Å²) in [6.07, 6.45) is 6.67. The number of benzene rings is 1. The number of piperidine rings is 1. The van der Waals surface area contributed by atoms with Gasteiger partial charge in [-0.2, -0.15) is 0 Å². The molecule has 1 aliphatic heterocycles. The van der Waals surface area contributed by atoms with E-state index in [9.17, 15) is 4.79 Å². The SMILES string of the molecule is CC(C)/C=C(/I)CN1CCCC[C@H]1[C@](C)(C=O)OCc1ccccc1. The van der Waals surface area contributed by atoms with E-state index in [1.165, 1.54) is 10.0 Å². The van der Waals surface area contributed by atoms with Crippen molar-refractivity contribution in [2.75, 3.05) is 13.1 Å². The Hall–Kier alpha value is -0.720. The largest absolute Gasteiger partial charge is 0.361 e. The summed E-state index contributed by atoms with van der Waals surface area (Å²) >= 11 is 2.43. The van der Waals surface area contributed by atoms with Gasteiger partial charge in [-0.15, -0.1) is 0 Å². The second kappa shape index (κ2) is 9.83. The van der Waals surface area contributed by atoms with Gasteiger partial charge in [0.05, 0.1) is 6.61 Å². The van der Waals surface area contributed by atoms with Gasteiger partial charge in [0.2, 0.25) is 0 Å². The molecule has 138 valence electrons. The highest BCUT2D eigenvalue weighted by molar-refractivity contribution is 14.1. The van der Waals surface area contributed by atoms with Gasteiger partial charge in [-0.3, -0.25) is 4.90 Å². The maximum atomic E-state index is 12.0. The van der Waals surface area contributed by atoms with Gasteiger partial charge in [0, 0.05) is 16.2 Å². The van der Waals surface area contributed by atoms with E-state index in [-0.39, 0.29) is 6.04 Å². The zero-order valence-corrected chi connectivity index (χ0v) is 17.7. The quantitative estimate of drug-likeness (QED) is 0.409. The van der Waals surface area contributed by atoms with Crippen molar-refractivity contribution in [2.45, 2.75) is 58.3 Å². The normalized spacial score (nSPS) is 22.0. The number of carbonyl (C=O) groups is 1. The van der Waals surface area contributed by atoms with Gasteiger partial charge in [-0.25, -0.2) is 0 Å². The molecule has 2 rings (SSSR count). The summed E-state index contributed by atoms with van der Waals surface area (Å²) in [5, 5.41) is 0. The van der Waals surface area contributed by atoms with Gasteiger partial charge in [0.1, 0.15) is 5.60 Å². The third kappa shape index (κ3) is 6.19. The Morgan fingerprint density at radius 3 is 2.72 bits per heavy atom. The van der Waals surface area contributed by atoms with Crippen LogP contribution in [0, 0.1) is 5.92 Å². The first-order valence-corrected chi connectivity index (χ1v) is 10.3. The number of allylic oxidation sites excluding steroid dienone is 1. The van der Waals surface area contributed by atoms with Crippen molar-refractivity contribution in [3.8, 4) is 0 Å². The Labute approximate surface area is 166 Å². The zero-order valence-electron chi connectivity index (χ0n) is 15.6. The molecule has 1 aromatic rings. The molecule has 3 nitrogen and oxygen atoms in total. The average molecular weight is 455 g/mol. The summed E-state index contributed by atoms with van der Waals surface area (Å²) in [7, 11) is 0. The van der Waals surface area contributed by atoms with Crippen LogP contribution in [0.1, 0.15) is 45.6 Å². The molecule has 0 unspecified atom stereocenters. The maximum Gasteiger partial charge on any atom is 0.153 e. The average Bonchev–Trinajstić information content (AvgIpc) is 2.60. The molecular weight excluding hydrogens is 425 g/mol. The smallest absolute Gasteiger partial charge is 0.153 e. The molecule has 1 fully saturated rings. The first-order valence-electron chi connectivity index (χ1n) is 9.19. The third-order valence-electron chi connectivity index (χ3n) is 4.77. The van der Waals surface area contributed by atoms with Crippen LogP contribution in [0.5, 0.6) is 0 Å². The Morgan fingerprint density at radius 2 is 2.08 bits per heavy atom. The van der Waals surface area contributed by atoms with E-state index in [1.54, 1.807) is 0 Å². The predicted molar refractivity (Wildman–Crippen MR) is 112 cm³/mol. The molecule has 0 radical (unpaired) electrons. The molecule has 0 aromatic heterocycles. The molecule has 1 saturated heterocycles. The van der Waals surface area contributed by atoms with E-state index in [0.717, 1.165) is 37.8 Å². The van der Waals surface area contributed by atoms with Crippen LogP contribution < -0.4 is 0 Å². The molecule has 25 heavy (non-hydrogen) atoms. The molecule has 2 atom stereocenters. The van der Waals surface area contributed by atoms with E-state index < -0.39 is 5.60 Å². The molecule has 0 amide bonds. The van der Waals surface area contributed by atoms with Crippen LogP contribution in [0.25, 0.3) is 0 Å². The summed E-state index contributed by atoms with van der Waals surface area (Å²) in [6.45, 7) is 8.75. The molecule has 0 bridgehead atoms. The highest BCUT2D eigenvalue weighted by Crippen LogP contribution is 2.30. The fourth-order valence-electron chi connectivity index (χ4n) is 3.46. The lowest BCUT2D eigenvalue weighted by Gasteiger charge is -2.43. The van der Waals surface area contributed by atoms with Gasteiger partial charge in [0.25, 0.3) is 0 Å². The van der Waals surface area contributed by atoms with E-state index in [2.05, 4.69) is 47.4 Å². The van der Waals surface area contributed by atoms with Crippen molar-refractivity contribution in [3.05, 3.63) is 45.6 Å². The second-order valence-corrected chi connectivity index (χ2v) is 8.80. The van der Waals surface area contributed by atoms with Crippen molar-refractivity contribution >= 4 is 28.9 Å². The van der Waals surface area contributed by atoms with Gasteiger partial charge in [-0.1, -0.05) is 56.7 Å². The van der Waals surface area contributed by atoms with Crippen LogP contribution in [-0.4, -0.2) is 35.9 Å². The number of halogens is 1. The lowest BCUT2D eigenvalue weighted by Crippen LogP contribution is -2.55. The van der Waals surface area contributed by atoms with E-state index in [1.807, 2.05) is 37.3 Å². The van der Waals surface area contributed by atoms with Gasteiger partial charge in [-0.05, 0) is 60.4 Å². The molecule has 1 aliphatic rings. The lowest BCUT2D eigenvalue weighted by molar-refractivity contribution is -0.144. The van der Waals surface area contributed by atoms with Gasteiger partial charge < -0.3 is 9.53 Å². The van der Waals surface area contributed by atoms with Crippen LogP contribution in [-0.2, 0) is 16.1 Å². The predicted octanol–water partition coefficient (Wildman–Crippen LogP) is 4.99. The van der Waals surface area contributed by atoms with Crippen molar-refractivity contribution < 1.29 is 9.53 Å². The number of carbonyl (C=O) groups excluding carboxylic acids is 1. The van der Waals surface area contributed by atoms with Crippen LogP contribution in [0.2, 0.25) is 0 Å². The minimum Gasteiger partial charge on any atom is -0.361 e.